The molecule has 1 heterocycles. The maximum Gasteiger partial charge on any atom is 0.132 e. The minimum atomic E-state index is -0.528. The average Bonchev–Trinajstić information content (AvgIpc) is 3.59. The van der Waals surface area contributed by atoms with Gasteiger partial charge in [-0.05, 0) is 97.7 Å². The van der Waals surface area contributed by atoms with Crippen LogP contribution >= 0.6 is 0 Å². The van der Waals surface area contributed by atoms with E-state index in [2.05, 4.69) is 229 Å². The van der Waals surface area contributed by atoms with Crippen molar-refractivity contribution in [3.05, 3.63) is 247 Å². The molecule has 0 fully saturated rings. The molecule has 0 unspecified atom stereocenters. The Morgan fingerprint density at radius 1 is 0.322 bits per heavy atom. The molecule has 0 atom stereocenters. The van der Waals surface area contributed by atoms with Crippen LogP contribution in [0, 0.1) is 0 Å². The summed E-state index contributed by atoms with van der Waals surface area (Å²) in [6, 6.07) is 81.7. The van der Waals surface area contributed by atoms with Crippen LogP contribution in [0.15, 0.2) is 224 Å². The monoisotopic (exact) mass is 751 g/mol. The smallest absolute Gasteiger partial charge is 0.132 e. The molecule has 10 aromatic carbocycles. The normalized spacial score (nSPS) is 13.0. The molecular weight excluding hydrogens is 715 g/mol. The fraction of sp³-hybridized carbons (Fsp3) is 0.0175. The van der Waals surface area contributed by atoms with Gasteiger partial charge in [0.25, 0.3) is 0 Å². The molecule has 1 aliphatic carbocycles. The van der Waals surface area contributed by atoms with Crippen molar-refractivity contribution >= 4 is 38.6 Å². The van der Waals surface area contributed by atoms with Gasteiger partial charge < -0.3 is 9.64 Å². The highest BCUT2D eigenvalue weighted by molar-refractivity contribution is 6.09. The van der Waals surface area contributed by atoms with Crippen molar-refractivity contribution in [1.29, 1.82) is 0 Å². The van der Waals surface area contributed by atoms with E-state index in [0.717, 1.165) is 34.1 Å². The van der Waals surface area contributed by atoms with E-state index < -0.39 is 5.41 Å². The maximum atomic E-state index is 6.62. The van der Waals surface area contributed by atoms with E-state index in [9.17, 15) is 0 Å². The summed E-state index contributed by atoms with van der Waals surface area (Å²) in [6.45, 7) is 0. The fourth-order valence-corrected chi connectivity index (χ4v) is 10.0. The summed E-state index contributed by atoms with van der Waals surface area (Å²) >= 11 is 0. The molecule has 2 heteroatoms. The quantitative estimate of drug-likeness (QED) is 0.174. The molecule has 1 aliphatic heterocycles. The van der Waals surface area contributed by atoms with Gasteiger partial charge in [0.15, 0.2) is 0 Å². The Morgan fingerprint density at radius 2 is 0.881 bits per heavy atom. The number of rotatable bonds is 5. The van der Waals surface area contributed by atoms with Crippen LogP contribution in [0.3, 0.4) is 0 Å². The van der Waals surface area contributed by atoms with E-state index in [0.29, 0.717) is 0 Å². The second kappa shape index (κ2) is 13.2. The van der Waals surface area contributed by atoms with Crippen molar-refractivity contribution in [2.45, 2.75) is 5.41 Å². The highest BCUT2D eigenvalue weighted by Crippen LogP contribution is 2.62. The van der Waals surface area contributed by atoms with Gasteiger partial charge in [-0.2, -0.15) is 0 Å². The second-order valence-electron chi connectivity index (χ2n) is 15.6. The Morgan fingerprint density at radius 3 is 1.69 bits per heavy atom. The van der Waals surface area contributed by atoms with Crippen molar-refractivity contribution in [2.75, 3.05) is 4.90 Å². The van der Waals surface area contributed by atoms with Gasteiger partial charge in [-0.1, -0.05) is 182 Å². The Labute approximate surface area is 343 Å². The number of nitrogens with zero attached hydrogens (tertiary/aromatic N) is 1. The molecule has 0 radical (unpaired) electrons. The van der Waals surface area contributed by atoms with Gasteiger partial charge in [-0.15, -0.1) is 0 Å². The average molecular weight is 752 g/mol. The van der Waals surface area contributed by atoms with Crippen LogP contribution in [-0.4, -0.2) is 0 Å². The van der Waals surface area contributed by atoms with Crippen LogP contribution in [-0.2, 0) is 5.41 Å². The molecule has 0 N–H and O–H groups in total. The Hall–Kier alpha value is -7.68. The first kappa shape index (κ1) is 33.5. The van der Waals surface area contributed by atoms with Crippen molar-refractivity contribution < 1.29 is 4.74 Å². The van der Waals surface area contributed by atoms with Crippen molar-refractivity contribution in [3.8, 4) is 44.9 Å². The maximum absolute atomic E-state index is 6.62. The third kappa shape index (κ3) is 5.00. The molecule has 0 aromatic heterocycles. The number of hydrogen-bond acceptors (Lipinski definition) is 2. The van der Waals surface area contributed by atoms with Crippen LogP contribution < -0.4 is 9.64 Å². The number of benzene rings is 10. The van der Waals surface area contributed by atoms with Crippen molar-refractivity contribution in [2.24, 2.45) is 0 Å². The first-order valence-electron chi connectivity index (χ1n) is 20.3. The predicted octanol–water partition coefficient (Wildman–Crippen LogP) is 15.3. The molecule has 12 rings (SSSR count). The van der Waals surface area contributed by atoms with Gasteiger partial charge >= 0.3 is 0 Å². The van der Waals surface area contributed by atoms with Gasteiger partial charge in [-0.25, -0.2) is 0 Å². The molecule has 0 amide bonds. The van der Waals surface area contributed by atoms with Crippen LogP contribution in [0.5, 0.6) is 11.5 Å². The Balaban J connectivity index is 1.08. The topological polar surface area (TPSA) is 12.5 Å². The number of para-hydroxylation sites is 2. The summed E-state index contributed by atoms with van der Waals surface area (Å²) in [5, 5.41) is 4.82. The summed E-state index contributed by atoms with van der Waals surface area (Å²) in [5.74, 6) is 1.80. The summed E-state index contributed by atoms with van der Waals surface area (Å²) in [5.41, 5.74) is 15.0. The van der Waals surface area contributed by atoms with Crippen molar-refractivity contribution in [1.82, 2.24) is 0 Å². The fourth-order valence-electron chi connectivity index (χ4n) is 10.0. The van der Waals surface area contributed by atoms with Gasteiger partial charge in [-0.3, -0.25) is 0 Å². The van der Waals surface area contributed by atoms with Gasteiger partial charge in [0, 0.05) is 27.6 Å². The van der Waals surface area contributed by atoms with E-state index in [-0.39, 0.29) is 0 Å². The summed E-state index contributed by atoms with van der Waals surface area (Å²) < 4.78 is 6.62. The molecule has 10 aromatic rings. The summed E-state index contributed by atoms with van der Waals surface area (Å²) in [6.07, 6.45) is 0. The Bertz CT molecular complexity index is 3220. The van der Waals surface area contributed by atoms with Crippen LogP contribution in [0.25, 0.3) is 54.9 Å². The van der Waals surface area contributed by atoms with E-state index in [4.69, 9.17) is 4.74 Å². The van der Waals surface area contributed by atoms with Crippen LogP contribution in [0.2, 0.25) is 0 Å². The first-order valence-corrected chi connectivity index (χ1v) is 20.3. The predicted molar refractivity (Wildman–Crippen MR) is 244 cm³/mol. The third-order valence-electron chi connectivity index (χ3n) is 12.5. The summed E-state index contributed by atoms with van der Waals surface area (Å²) in [7, 11) is 0. The molecule has 0 saturated carbocycles. The van der Waals surface area contributed by atoms with Crippen LogP contribution in [0.4, 0.5) is 17.1 Å². The SMILES string of the molecule is c1ccc(-c2ccc(N(c3cccc(-c4ccc5c(c4)C4(c6ccccc6Oc6ccccc64)c4ccccc4-5)c3)c3cccc4ccccc34)c3ccccc23)cc1. The lowest BCUT2D eigenvalue weighted by atomic mass is 9.66. The molecular formula is C57H37NO. The molecule has 1 spiro atoms. The van der Waals surface area contributed by atoms with Gasteiger partial charge in [0.1, 0.15) is 11.5 Å². The number of fused-ring (bicyclic) bond motifs is 11. The van der Waals surface area contributed by atoms with E-state index >= 15 is 0 Å². The lowest BCUT2D eigenvalue weighted by Gasteiger charge is -2.39. The largest absolute Gasteiger partial charge is 0.457 e. The number of hydrogen-bond donors (Lipinski definition) is 0. The van der Waals surface area contributed by atoms with Crippen LogP contribution in [0.1, 0.15) is 22.3 Å². The van der Waals surface area contributed by atoms with Gasteiger partial charge in [0.05, 0.1) is 16.8 Å². The second-order valence-corrected chi connectivity index (χ2v) is 15.6. The zero-order valence-electron chi connectivity index (χ0n) is 32.2. The highest BCUT2D eigenvalue weighted by atomic mass is 16.5. The zero-order valence-corrected chi connectivity index (χ0v) is 32.2. The standard InChI is InChI=1S/C57H37NO/c1-2-16-38(17-3-1)43-34-35-54(48-25-7-6-23-45(43)48)58(53-29-15-19-39-18-4-5-22-44(39)53)42-21-14-20-40(36-42)41-32-33-47-46-24-8-9-26-49(46)57(52(47)37-41)50-27-10-12-30-55(50)59-56-31-13-11-28-51(56)57/h1-37H. The first-order chi connectivity index (χ1) is 29.3. The Kier molecular flexibility index (Phi) is 7.48. The van der Waals surface area contributed by atoms with Crippen molar-refractivity contribution in [3.63, 3.8) is 0 Å². The van der Waals surface area contributed by atoms with E-state index in [1.807, 2.05) is 0 Å². The molecule has 2 aliphatic rings. The lowest BCUT2D eigenvalue weighted by molar-refractivity contribution is 0.436. The van der Waals surface area contributed by atoms with E-state index in [1.54, 1.807) is 0 Å². The minimum Gasteiger partial charge on any atom is -0.457 e. The third-order valence-corrected chi connectivity index (χ3v) is 12.5. The summed E-state index contributed by atoms with van der Waals surface area (Å²) in [4.78, 5) is 2.46. The molecule has 276 valence electrons. The molecule has 59 heavy (non-hydrogen) atoms. The minimum absolute atomic E-state index is 0.528. The number of ether oxygens (including phenoxy) is 1. The van der Waals surface area contributed by atoms with E-state index in [1.165, 1.54) is 71.6 Å². The molecule has 2 nitrogen and oxygen atoms in total. The van der Waals surface area contributed by atoms with Gasteiger partial charge in [0.2, 0.25) is 0 Å². The zero-order chi connectivity index (χ0) is 38.9. The molecule has 0 bridgehead atoms. The molecule has 0 saturated heterocycles. The number of anilines is 3. The lowest BCUT2D eigenvalue weighted by Crippen LogP contribution is -2.32. The highest BCUT2D eigenvalue weighted by Gasteiger charge is 2.51.